The predicted molar refractivity (Wildman–Crippen MR) is 61.0 cm³/mol. The molecule has 70 valence electrons. The molecule has 0 saturated heterocycles. The van der Waals surface area contributed by atoms with E-state index in [2.05, 4.69) is 38.4 Å². The molecule has 0 atom stereocenters. The third-order valence-corrected chi connectivity index (χ3v) is 6.94. The highest BCUT2D eigenvalue weighted by Crippen LogP contribution is 2.21. The van der Waals surface area contributed by atoms with Gasteiger partial charge in [0, 0.05) is 0 Å². The van der Waals surface area contributed by atoms with E-state index < -0.39 is 8.07 Å². The molecule has 0 aromatic heterocycles. The van der Waals surface area contributed by atoms with Crippen LogP contribution in [0.1, 0.15) is 33.1 Å². The van der Waals surface area contributed by atoms with Crippen LogP contribution < -0.4 is 0 Å². The van der Waals surface area contributed by atoms with Crippen LogP contribution in [0.15, 0.2) is 24.6 Å². The van der Waals surface area contributed by atoms with Crippen molar-refractivity contribution in [3.8, 4) is 0 Å². The van der Waals surface area contributed by atoms with Gasteiger partial charge in [-0.1, -0.05) is 56.6 Å². The van der Waals surface area contributed by atoms with Crippen molar-refractivity contribution in [3.63, 3.8) is 0 Å². The van der Waals surface area contributed by atoms with Crippen LogP contribution in [0.2, 0.25) is 12.1 Å². The van der Waals surface area contributed by atoms with E-state index in [1.165, 1.54) is 31.4 Å². The molecule has 0 spiro atoms. The van der Waals surface area contributed by atoms with Crippen LogP contribution in [0.5, 0.6) is 0 Å². The zero-order valence-electron chi connectivity index (χ0n) is 8.60. The van der Waals surface area contributed by atoms with Gasteiger partial charge in [-0.2, -0.15) is 0 Å². The van der Waals surface area contributed by atoms with Crippen molar-refractivity contribution in [2.45, 2.75) is 45.2 Å². The fraction of sp³-hybridized carbons (Fsp3) is 0.636. The van der Waals surface area contributed by atoms with E-state index in [9.17, 15) is 0 Å². The molecule has 0 N–H and O–H groups in total. The predicted octanol–water partition coefficient (Wildman–Crippen LogP) is 4.10. The quantitative estimate of drug-likeness (QED) is 0.411. The molecular weight excluding hydrogens is 160 g/mol. The molecule has 1 heteroatoms. The van der Waals surface area contributed by atoms with Crippen LogP contribution in [0.25, 0.3) is 0 Å². The fourth-order valence-electron chi connectivity index (χ4n) is 1.46. The lowest BCUT2D eigenvalue weighted by Crippen LogP contribution is -2.27. The summed E-state index contributed by atoms with van der Waals surface area (Å²) in [5.74, 6) is 0. The van der Waals surface area contributed by atoms with Crippen molar-refractivity contribution in [1.82, 2.24) is 0 Å². The average Bonchev–Trinajstić information content (AvgIpc) is 2.14. The molecule has 0 aromatic carbocycles. The molecule has 0 aliphatic heterocycles. The van der Waals surface area contributed by atoms with Gasteiger partial charge in [-0.3, -0.25) is 0 Å². The average molecular weight is 182 g/mol. The highest BCUT2D eigenvalue weighted by Gasteiger charge is 2.21. The Morgan fingerprint density at radius 3 is 2.00 bits per heavy atom. The molecule has 0 bridgehead atoms. The summed E-state index contributed by atoms with van der Waals surface area (Å²) in [5.41, 5.74) is 4.38. The summed E-state index contributed by atoms with van der Waals surface area (Å²) in [6.45, 7) is 12.4. The smallest absolute Gasteiger partial charge is 0.100 e. The van der Waals surface area contributed by atoms with Crippen LogP contribution in [0.3, 0.4) is 0 Å². The number of hydrogen-bond donors (Lipinski definition) is 0. The maximum atomic E-state index is 3.94. The van der Waals surface area contributed by atoms with E-state index in [-0.39, 0.29) is 0 Å². The molecule has 0 fully saturated rings. The maximum absolute atomic E-state index is 3.94. The second-order valence-corrected chi connectivity index (χ2v) is 7.94. The molecule has 0 unspecified atom stereocenters. The summed E-state index contributed by atoms with van der Waals surface area (Å²) in [6.07, 6.45) is 4.02. The third kappa shape index (κ3) is 3.40. The van der Waals surface area contributed by atoms with Gasteiger partial charge in [-0.25, -0.2) is 0 Å². The molecule has 0 saturated carbocycles. The van der Waals surface area contributed by atoms with Gasteiger partial charge in [0.05, 0.1) is 0 Å². The highest BCUT2D eigenvalue weighted by molar-refractivity contribution is 6.88. The fourth-order valence-corrected chi connectivity index (χ4v) is 3.87. The second kappa shape index (κ2) is 6.24. The van der Waals surface area contributed by atoms with Gasteiger partial charge >= 0.3 is 0 Å². The van der Waals surface area contributed by atoms with Gasteiger partial charge in [0.15, 0.2) is 0 Å². The largest absolute Gasteiger partial charge is 0.107 e. The topological polar surface area (TPSA) is 0 Å². The molecule has 0 aliphatic rings. The lowest BCUT2D eigenvalue weighted by Gasteiger charge is -2.21. The molecule has 12 heavy (non-hydrogen) atoms. The van der Waals surface area contributed by atoms with Gasteiger partial charge in [0.2, 0.25) is 0 Å². The van der Waals surface area contributed by atoms with Crippen molar-refractivity contribution in [1.29, 1.82) is 0 Å². The lowest BCUT2D eigenvalue weighted by atomic mass is 10.3. The van der Waals surface area contributed by atoms with E-state index in [4.69, 9.17) is 0 Å². The summed E-state index contributed by atoms with van der Waals surface area (Å²) in [7, 11) is -1.23. The number of hydrogen-bond acceptors (Lipinski definition) is 0. The van der Waals surface area contributed by atoms with Crippen LogP contribution in [-0.4, -0.2) is 8.07 Å². The second-order valence-electron chi connectivity index (χ2n) is 3.45. The molecule has 0 radical (unpaired) electrons. The summed E-state index contributed by atoms with van der Waals surface area (Å²) in [5, 5.41) is 0. The van der Waals surface area contributed by atoms with Crippen molar-refractivity contribution < 1.29 is 0 Å². The minimum Gasteiger partial charge on any atom is -0.107 e. The first-order chi connectivity index (χ1) is 5.74. The first-order valence-corrected chi connectivity index (χ1v) is 7.58. The van der Waals surface area contributed by atoms with E-state index in [1.54, 1.807) is 0 Å². The standard InChI is InChI=1S/C11H22Si/c1-5-9-10-11-12(6-2,7-3)8-4/h6-7H,2-3,5,8-11H2,1,4H3. The Balaban J connectivity index is 3.93. The van der Waals surface area contributed by atoms with Gasteiger partial charge in [0.25, 0.3) is 0 Å². The summed E-state index contributed by atoms with van der Waals surface area (Å²) < 4.78 is 0. The minimum atomic E-state index is -1.23. The van der Waals surface area contributed by atoms with Crippen molar-refractivity contribution >= 4 is 8.07 Å². The van der Waals surface area contributed by atoms with Crippen molar-refractivity contribution in [2.75, 3.05) is 0 Å². The summed E-state index contributed by atoms with van der Waals surface area (Å²) in [4.78, 5) is 0. The molecule has 0 rings (SSSR count). The Kier molecular flexibility index (Phi) is 6.08. The minimum absolute atomic E-state index is 1.23. The lowest BCUT2D eigenvalue weighted by molar-refractivity contribution is 0.763. The number of rotatable bonds is 7. The van der Waals surface area contributed by atoms with Crippen molar-refractivity contribution in [3.05, 3.63) is 24.6 Å². The van der Waals surface area contributed by atoms with E-state index in [0.717, 1.165) is 0 Å². The van der Waals surface area contributed by atoms with Crippen LogP contribution in [0, 0.1) is 0 Å². The molecule has 0 aliphatic carbocycles. The molecule has 0 heterocycles. The van der Waals surface area contributed by atoms with Crippen LogP contribution in [0.4, 0.5) is 0 Å². The van der Waals surface area contributed by atoms with Gasteiger partial charge in [-0.05, 0) is 0 Å². The molecule has 0 aromatic rings. The SMILES string of the molecule is C=C[Si](C=C)(CC)CCCCC. The normalized spacial score (nSPS) is 11.2. The highest BCUT2D eigenvalue weighted by atomic mass is 28.3. The molecule has 0 nitrogen and oxygen atoms in total. The van der Waals surface area contributed by atoms with Gasteiger partial charge in [-0.15, -0.1) is 13.2 Å². The number of unbranched alkanes of at least 4 members (excludes halogenated alkanes) is 2. The van der Waals surface area contributed by atoms with Crippen molar-refractivity contribution in [2.24, 2.45) is 0 Å². The zero-order valence-corrected chi connectivity index (χ0v) is 9.60. The Morgan fingerprint density at radius 2 is 1.67 bits per heavy atom. The van der Waals surface area contributed by atoms with Gasteiger partial charge < -0.3 is 0 Å². The van der Waals surface area contributed by atoms with Gasteiger partial charge in [0.1, 0.15) is 8.07 Å². The Morgan fingerprint density at radius 1 is 1.08 bits per heavy atom. The molecule has 0 amide bonds. The first-order valence-electron chi connectivity index (χ1n) is 5.02. The van der Waals surface area contributed by atoms with Crippen LogP contribution >= 0.6 is 0 Å². The Hall–Kier alpha value is -0.303. The van der Waals surface area contributed by atoms with E-state index >= 15 is 0 Å². The Bertz CT molecular complexity index is 130. The maximum Gasteiger partial charge on any atom is 0.100 e. The van der Waals surface area contributed by atoms with E-state index in [1.807, 2.05) is 0 Å². The monoisotopic (exact) mass is 182 g/mol. The first kappa shape index (κ1) is 11.7. The summed E-state index contributed by atoms with van der Waals surface area (Å²) >= 11 is 0. The third-order valence-electron chi connectivity index (χ3n) is 2.72. The van der Waals surface area contributed by atoms with E-state index in [0.29, 0.717) is 0 Å². The summed E-state index contributed by atoms with van der Waals surface area (Å²) in [6, 6.07) is 2.62. The molecular formula is C11H22Si. The zero-order chi connectivity index (χ0) is 9.45. The van der Waals surface area contributed by atoms with Crippen LogP contribution in [-0.2, 0) is 0 Å². The Labute approximate surface area is 78.4 Å².